The van der Waals surface area contributed by atoms with E-state index in [2.05, 4.69) is 0 Å². The van der Waals surface area contributed by atoms with E-state index < -0.39 is 6.29 Å². The van der Waals surface area contributed by atoms with E-state index >= 15 is 0 Å². The predicted octanol–water partition coefficient (Wildman–Crippen LogP) is -0.284. The second-order valence-electron chi connectivity index (χ2n) is 1.27. The maximum Gasteiger partial charge on any atom is 0.151 e. The Morgan fingerprint density at radius 1 is 1.43 bits per heavy atom. The largest absolute Gasteiger partial charge is 0.368 e. The zero-order chi connectivity index (χ0) is 4.99. The molecule has 0 bridgehead atoms. The van der Waals surface area contributed by atoms with Crippen LogP contribution in [0.15, 0.2) is 0 Å². The van der Waals surface area contributed by atoms with Crippen LogP contribution >= 0.6 is 0 Å². The van der Waals surface area contributed by atoms with Gasteiger partial charge in [-0.25, -0.2) is 0 Å². The Morgan fingerprint density at radius 2 is 1.86 bits per heavy atom. The van der Waals surface area contributed by atoms with Crippen molar-refractivity contribution in [2.45, 2.75) is 26.1 Å². The zero-order valence-corrected chi connectivity index (χ0v) is 4.89. The van der Waals surface area contributed by atoms with Crippen molar-refractivity contribution >= 4 is 18.9 Å². The molecule has 0 saturated carbocycles. The molecule has 0 heterocycles. The molecule has 1 radical (unpaired) electrons. The Bertz CT molecular complexity index is 30.9. The monoisotopic (exact) mass is 97.1 g/mol. The van der Waals surface area contributed by atoms with Crippen LogP contribution in [-0.4, -0.2) is 35.4 Å². The van der Waals surface area contributed by atoms with Crippen LogP contribution in [0, 0.1) is 0 Å². The van der Waals surface area contributed by atoms with Crippen LogP contribution in [0.1, 0.15) is 19.8 Å². The molecule has 0 saturated heterocycles. The summed E-state index contributed by atoms with van der Waals surface area (Å²) in [6, 6.07) is 0. The van der Waals surface area contributed by atoms with Gasteiger partial charge in [0.2, 0.25) is 0 Å². The maximum atomic E-state index is 8.11. The first-order valence-electron chi connectivity index (χ1n) is 2.13. The van der Waals surface area contributed by atoms with Crippen molar-refractivity contribution in [2.75, 3.05) is 0 Å². The van der Waals surface area contributed by atoms with Crippen molar-refractivity contribution in [3.05, 3.63) is 0 Å². The van der Waals surface area contributed by atoms with Gasteiger partial charge >= 0.3 is 0 Å². The summed E-state index contributed by atoms with van der Waals surface area (Å²) in [5.74, 6) is 0. The topological polar surface area (TPSA) is 40.5 Å². The molecule has 0 aromatic carbocycles. The van der Waals surface area contributed by atoms with Crippen LogP contribution in [0.25, 0.3) is 0 Å². The van der Waals surface area contributed by atoms with Crippen molar-refractivity contribution in [3.63, 3.8) is 0 Å². The van der Waals surface area contributed by atoms with Gasteiger partial charge in [0, 0.05) is 18.9 Å². The number of hydrogen-bond donors (Lipinski definition) is 2. The molecule has 0 amide bonds. The van der Waals surface area contributed by atoms with Crippen molar-refractivity contribution in [2.24, 2.45) is 0 Å². The Labute approximate surface area is 55.7 Å². The molecule has 2 nitrogen and oxygen atoms in total. The first-order chi connectivity index (χ1) is 2.77. The zero-order valence-electron chi connectivity index (χ0n) is 4.89. The summed E-state index contributed by atoms with van der Waals surface area (Å²) in [6.45, 7) is 1.90. The molecular formula is C4H10LiO2. The van der Waals surface area contributed by atoms with Crippen molar-refractivity contribution in [1.29, 1.82) is 0 Å². The van der Waals surface area contributed by atoms with Crippen LogP contribution in [0.2, 0.25) is 0 Å². The standard InChI is InChI=1S/C4H10O2.Li/c1-2-3-4(5)6;/h4-6H,2-3H2,1H3;. The third kappa shape index (κ3) is 10.7. The van der Waals surface area contributed by atoms with Crippen LogP contribution in [-0.2, 0) is 0 Å². The maximum absolute atomic E-state index is 8.11. The Kier molecular flexibility index (Phi) is 9.77. The van der Waals surface area contributed by atoms with Crippen molar-refractivity contribution < 1.29 is 10.2 Å². The third-order valence-electron chi connectivity index (χ3n) is 0.547. The minimum absolute atomic E-state index is 0. The van der Waals surface area contributed by atoms with Gasteiger partial charge in [-0.15, -0.1) is 0 Å². The minimum Gasteiger partial charge on any atom is -0.368 e. The van der Waals surface area contributed by atoms with Crippen LogP contribution < -0.4 is 0 Å². The number of aliphatic hydroxyl groups is 2. The summed E-state index contributed by atoms with van der Waals surface area (Å²) in [7, 11) is 0. The molecule has 0 unspecified atom stereocenters. The molecule has 0 aliphatic heterocycles. The molecule has 2 N–H and O–H groups in total. The first kappa shape index (κ1) is 10.5. The SMILES string of the molecule is CCCC(O)O.[Li]. The molecule has 0 aliphatic carbocycles. The van der Waals surface area contributed by atoms with Gasteiger partial charge in [-0.3, -0.25) is 0 Å². The van der Waals surface area contributed by atoms with E-state index in [1.165, 1.54) is 0 Å². The molecule has 39 valence electrons. The Morgan fingerprint density at radius 3 is 1.86 bits per heavy atom. The molecule has 0 aliphatic rings. The van der Waals surface area contributed by atoms with Crippen LogP contribution in [0.3, 0.4) is 0 Å². The fraction of sp³-hybridized carbons (Fsp3) is 1.00. The Balaban J connectivity index is 0. The molecule has 0 fully saturated rings. The fourth-order valence-corrected chi connectivity index (χ4v) is 0.258. The third-order valence-corrected chi connectivity index (χ3v) is 0.547. The van der Waals surface area contributed by atoms with Crippen LogP contribution in [0.4, 0.5) is 0 Å². The molecule has 0 aromatic heterocycles. The summed E-state index contributed by atoms with van der Waals surface area (Å²) in [5.41, 5.74) is 0. The van der Waals surface area contributed by atoms with Gasteiger partial charge < -0.3 is 10.2 Å². The van der Waals surface area contributed by atoms with E-state index in [0.717, 1.165) is 6.42 Å². The first-order valence-corrected chi connectivity index (χ1v) is 2.13. The van der Waals surface area contributed by atoms with Gasteiger partial charge in [-0.05, 0) is 6.42 Å². The molecule has 3 heteroatoms. The van der Waals surface area contributed by atoms with E-state index in [0.29, 0.717) is 6.42 Å². The number of rotatable bonds is 2. The number of hydrogen-bond acceptors (Lipinski definition) is 2. The molecule has 0 spiro atoms. The van der Waals surface area contributed by atoms with Gasteiger partial charge in [-0.1, -0.05) is 13.3 Å². The van der Waals surface area contributed by atoms with E-state index in [9.17, 15) is 0 Å². The smallest absolute Gasteiger partial charge is 0.151 e. The summed E-state index contributed by atoms with van der Waals surface area (Å²) in [6.07, 6.45) is 0.215. The summed E-state index contributed by atoms with van der Waals surface area (Å²) in [5, 5.41) is 16.2. The van der Waals surface area contributed by atoms with E-state index in [4.69, 9.17) is 10.2 Å². The van der Waals surface area contributed by atoms with Gasteiger partial charge in [0.15, 0.2) is 6.29 Å². The van der Waals surface area contributed by atoms with Gasteiger partial charge in [0.1, 0.15) is 0 Å². The fourth-order valence-electron chi connectivity index (χ4n) is 0.258. The van der Waals surface area contributed by atoms with Gasteiger partial charge in [0.05, 0.1) is 0 Å². The second kappa shape index (κ2) is 6.52. The van der Waals surface area contributed by atoms with Crippen LogP contribution in [0.5, 0.6) is 0 Å². The average molecular weight is 97.1 g/mol. The Hall–Kier alpha value is 0.517. The normalized spacial score (nSPS) is 8.57. The molecule has 7 heavy (non-hydrogen) atoms. The van der Waals surface area contributed by atoms with Gasteiger partial charge in [0.25, 0.3) is 0 Å². The van der Waals surface area contributed by atoms with Crippen molar-refractivity contribution in [3.8, 4) is 0 Å². The quantitative estimate of drug-likeness (QED) is 0.367. The molecule has 0 rings (SSSR count). The minimum atomic E-state index is -1.10. The predicted molar refractivity (Wildman–Crippen MR) is 28.9 cm³/mol. The second-order valence-corrected chi connectivity index (χ2v) is 1.27. The van der Waals surface area contributed by atoms with E-state index in [1.54, 1.807) is 0 Å². The summed E-state index contributed by atoms with van der Waals surface area (Å²) in [4.78, 5) is 0. The number of aliphatic hydroxyl groups excluding tert-OH is 1. The van der Waals surface area contributed by atoms with E-state index in [-0.39, 0.29) is 18.9 Å². The molecule has 0 aromatic rings. The molecular weight excluding hydrogens is 87.0 g/mol. The van der Waals surface area contributed by atoms with Crippen molar-refractivity contribution in [1.82, 2.24) is 0 Å². The average Bonchev–Trinajstić information content (AvgIpc) is 1.35. The summed E-state index contributed by atoms with van der Waals surface area (Å²) >= 11 is 0. The van der Waals surface area contributed by atoms with E-state index in [1.807, 2.05) is 6.92 Å². The van der Waals surface area contributed by atoms with Gasteiger partial charge in [-0.2, -0.15) is 0 Å². The summed E-state index contributed by atoms with van der Waals surface area (Å²) < 4.78 is 0. The molecule has 0 atom stereocenters.